The summed E-state index contributed by atoms with van der Waals surface area (Å²) in [5.41, 5.74) is 2.02. The zero-order valence-electron chi connectivity index (χ0n) is 15.7. The summed E-state index contributed by atoms with van der Waals surface area (Å²) in [6.07, 6.45) is 3.04. The van der Waals surface area contributed by atoms with Crippen LogP contribution in [0.15, 0.2) is 53.4 Å². The summed E-state index contributed by atoms with van der Waals surface area (Å²) in [5, 5.41) is 0. The van der Waals surface area contributed by atoms with Crippen LogP contribution in [0, 0.1) is 18.7 Å². The van der Waals surface area contributed by atoms with Gasteiger partial charge in [-0.2, -0.15) is 0 Å². The van der Waals surface area contributed by atoms with Crippen LogP contribution in [0.25, 0.3) is 0 Å². The Bertz CT molecular complexity index is 856. The average Bonchev–Trinajstić information content (AvgIpc) is 2.66. The van der Waals surface area contributed by atoms with Gasteiger partial charge in [0.1, 0.15) is 10.7 Å². The fourth-order valence-electron chi connectivity index (χ4n) is 3.58. The molecule has 1 fully saturated rings. The molecule has 0 spiro atoms. The molecule has 1 aliphatic rings. The summed E-state index contributed by atoms with van der Waals surface area (Å²) in [6.45, 7) is 4.96. The molecule has 0 amide bonds. The number of aryl methyl sites for hydroxylation is 1. The highest BCUT2D eigenvalue weighted by molar-refractivity contribution is 7.89. The molecule has 1 aliphatic heterocycles. The predicted molar refractivity (Wildman–Crippen MR) is 106 cm³/mol. The maximum absolute atomic E-state index is 14.0. The average molecular weight is 391 g/mol. The van der Waals surface area contributed by atoms with E-state index in [1.54, 1.807) is 13.0 Å². The quantitative estimate of drug-likeness (QED) is 0.789. The van der Waals surface area contributed by atoms with Crippen LogP contribution < -0.4 is 4.72 Å². The van der Waals surface area contributed by atoms with Crippen LogP contribution in [0.2, 0.25) is 0 Å². The summed E-state index contributed by atoms with van der Waals surface area (Å²) in [7, 11) is -3.82. The molecule has 2 aromatic rings. The third-order valence-corrected chi connectivity index (χ3v) is 6.56. The molecule has 6 heteroatoms. The van der Waals surface area contributed by atoms with Gasteiger partial charge in [-0.15, -0.1) is 0 Å². The monoisotopic (exact) mass is 390 g/mol. The second-order valence-corrected chi connectivity index (χ2v) is 9.07. The van der Waals surface area contributed by atoms with Crippen molar-refractivity contribution in [1.82, 2.24) is 9.62 Å². The Labute approximate surface area is 161 Å². The number of hydrogen-bond donors (Lipinski definition) is 1. The van der Waals surface area contributed by atoms with E-state index >= 15 is 0 Å². The second-order valence-electron chi connectivity index (χ2n) is 7.33. The molecule has 2 aromatic carbocycles. The molecule has 0 radical (unpaired) electrons. The van der Waals surface area contributed by atoms with E-state index in [1.165, 1.54) is 17.7 Å². The van der Waals surface area contributed by atoms with Crippen LogP contribution in [-0.4, -0.2) is 39.5 Å². The van der Waals surface area contributed by atoms with E-state index < -0.39 is 15.8 Å². The molecule has 0 aliphatic carbocycles. The van der Waals surface area contributed by atoms with Gasteiger partial charge in [-0.3, -0.25) is 0 Å². The summed E-state index contributed by atoms with van der Waals surface area (Å²) < 4.78 is 41.5. The first kappa shape index (κ1) is 20.0. The molecular weight excluding hydrogens is 363 g/mol. The van der Waals surface area contributed by atoms with E-state index in [9.17, 15) is 12.8 Å². The van der Waals surface area contributed by atoms with E-state index in [2.05, 4.69) is 21.8 Å². The van der Waals surface area contributed by atoms with Gasteiger partial charge in [-0.1, -0.05) is 36.4 Å². The van der Waals surface area contributed by atoms with Gasteiger partial charge in [0, 0.05) is 19.6 Å². The Morgan fingerprint density at radius 2 is 1.96 bits per heavy atom. The summed E-state index contributed by atoms with van der Waals surface area (Å²) in [4.78, 5) is 2.12. The van der Waals surface area contributed by atoms with Crippen LogP contribution in [0.4, 0.5) is 4.39 Å². The van der Waals surface area contributed by atoms with Crippen molar-refractivity contribution < 1.29 is 12.8 Å². The lowest BCUT2D eigenvalue weighted by molar-refractivity contribution is 0.178. The first-order valence-electron chi connectivity index (χ1n) is 9.46. The maximum Gasteiger partial charge on any atom is 0.243 e. The minimum atomic E-state index is -3.82. The van der Waals surface area contributed by atoms with Crippen molar-refractivity contribution in [2.75, 3.05) is 26.2 Å². The van der Waals surface area contributed by atoms with E-state index in [-0.39, 0.29) is 10.8 Å². The fraction of sp³-hybridized carbons (Fsp3) is 0.429. The molecule has 1 N–H and O–H groups in total. The molecule has 27 heavy (non-hydrogen) atoms. The molecule has 146 valence electrons. The Balaban J connectivity index is 1.53. The molecular formula is C21H27FN2O2S. The van der Waals surface area contributed by atoms with E-state index in [0.29, 0.717) is 12.1 Å². The van der Waals surface area contributed by atoms with Crippen molar-refractivity contribution in [3.8, 4) is 0 Å². The lowest BCUT2D eigenvalue weighted by Crippen LogP contribution is -2.41. The maximum atomic E-state index is 14.0. The van der Waals surface area contributed by atoms with Gasteiger partial charge in [-0.05, 0) is 61.9 Å². The van der Waals surface area contributed by atoms with Crippen molar-refractivity contribution in [3.05, 3.63) is 65.5 Å². The first-order valence-corrected chi connectivity index (χ1v) is 10.9. The van der Waals surface area contributed by atoms with Crippen LogP contribution in [0.1, 0.15) is 24.0 Å². The third kappa shape index (κ3) is 5.61. The van der Waals surface area contributed by atoms with Gasteiger partial charge in [0.15, 0.2) is 0 Å². The smallest absolute Gasteiger partial charge is 0.243 e. The SMILES string of the molecule is Cc1ccc(S(=O)(=O)NC[C@@H]2CCCN(CCc3ccccc3)C2)c(F)c1. The van der Waals surface area contributed by atoms with Crippen LogP contribution in [0.5, 0.6) is 0 Å². The zero-order chi connectivity index (χ0) is 19.3. The number of nitrogens with one attached hydrogen (secondary N) is 1. The van der Waals surface area contributed by atoms with Gasteiger partial charge in [0.2, 0.25) is 10.0 Å². The number of rotatable bonds is 7. The molecule has 1 atom stereocenters. The van der Waals surface area contributed by atoms with E-state index in [4.69, 9.17) is 0 Å². The van der Waals surface area contributed by atoms with Gasteiger partial charge >= 0.3 is 0 Å². The largest absolute Gasteiger partial charge is 0.303 e. The lowest BCUT2D eigenvalue weighted by Gasteiger charge is -2.32. The van der Waals surface area contributed by atoms with Crippen molar-refractivity contribution in [2.45, 2.75) is 31.1 Å². The Hall–Kier alpha value is -1.76. The number of nitrogens with zero attached hydrogens (tertiary/aromatic N) is 1. The molecule has 1 saturated heterocycles. The standard InChI is InChI=1S/C21H27FN2O2S/c1-17-9-10-21(20(22)14-17)27(25,26)23-15-19-8-5-12-24(16-19)13-11-18-6-3-2-4-7-18/h2-4,6-7,9-10,14,19,23H,5,8,11-13,15-16H2,1H3/t19-/m0/s1. The van der Waals surface area contributed by atoms with Gasteiger partial charge < -0.3 is 4.90 Å². The molecule has 0 saturated carbocycles. The van der Waals surface area contributed by atoms with Crippen molar-refractivity contribution in [1.29, 1.82) is 0 Å². The lowest BCUT2D eigenvalue weighted by atomic mass is 9.98. The predicted octanol–water partition coefficient (Wildman–Crippen LogP) is 3.37. The zero-order valence-corrected chi connectivity index (χ0v) is 16.5. The topological polar surface area (TPSA) is 49.4 Å². The van der Waals surface area contributed by atoms with Crippen molar-refractivity contribution >= 4 is 10.0 Å². The molecule has 3 rings (SSSR count). The van der Waals surface area contributed by atoms with Crippen molar-refractivity contribution in [3.63, 3.8) is 0 Å². The summed E-state index contributed by atoms with van der Waals surface area (Å²) in [5.74, 6) is -0.451. The fourth-order valence-corrected chi connectivity index (χ4v) is 4.76. The van der Waals surface area contributed by atoms with Crippen molar-refractivity contribution in [2.24, 2.45) is 5.92 Å². The highest BCUT2D eigenvalue weighted by Crippen LogP contribution is 2.19. The van der Waals surface area contributed by atoms with Crippen LogP contribution in [0.3, 0.4) is 0 Å². The molecule has 1 heterocycles. The number of likely N-dealkylation sites (tertiary alicyclic amines) is 1. The Kier molecular flexibility index (Phi) is 6.63. The number of hydrogen-bond acceptors (Lipinski definition) is 3. The summed E-state index contributed by atoms with van der Waals surface area (Å²) in [6, 6.07) is 14.6. The van der Waals surface area contributed by atoms with Gasteiger partial charge in [0.05, 0.1) is 0 Å². The van der Waals surface area contributed by atoms with Gasteiger partial charge in [0.25, 0.3) is 0 Å². The summed E-state index contributed by atoms with van der Waals surface area (Å²) >= 11 is 0. The minimum absolute atomic E-state index is 0.248. The highest BCUT2D eigenvalue weighted by Gasteiger charge is 2.24. The highest BCUT2D eigenvalue weighted by atomic mass is 32.2. The number of piperidine rings is 1. The number of halogens is 1. The van der Waals surface area contributed by atoms with Crippen LogP contribution >= 0.6 is 0 Å². The second kappa shape index (κ2) is 8.95. The molecule has 4 nitrogen and oxygen atoms in total. The number of sulfonamides is 1. The third-order valence-electron chi connectivity index (χ3n) is 5.10. The van der Waals surface area contributed by atoms with E-state index in [1.807, 2.05) is 18.2 Å². The minimum Gasteiger partial charge on any atom is -0.303 e. The Morgan fingerprint density at radius 3 is 2.70 bits per heavy atom. The van der Waals surface area contributed by atoms with E-state index in [0.717, 1.165) is 38.9 Å². The normalized spacial score (nSPS) is 18.5. The Morgan fingerprint density at radius 1 is 1.19 bits per heavy atom. The van der Waals surface area contributed by atoms with Gasteiger partial charge in [-0.25, -0.2) is 17.5 Å². The van der Waals surface area contributed by atoms with Crippen LogP contribution in [-0.2, 0) is 16.4 Å². The first-order chi connectivity index (χ1) is 12.9. The molecule has 0 unspecified atom stereocenters. The molecule has 0 aromatic heterocycles. The molecule has 0 bridgehead atoms. The number of benzene rings is 2.